The van der Waals surface area contributed by atoms with Crippen molar-refractivity contribution in [3.05, 3.63) is 16.4 Å². The van der Waals surface area contributed by atoms with Crippen molar-refractivity contribution in [2.24, 2.45) is 18.0 Å². The molecule has 0 bridgehead atoms. The highest BCUT2D eigenvalue weighted by molar-refractivity contribution is 9.10. The molecule has 0 atom stereocenters. The Kier molecular flexibility index (Phi) is 2.06. The third-order valence-corrected chi connectivity index (χ3v) is 1.48. The number of hydrazone groups is 1. The van der Waals surface area contributed by atoms with Gasteiger partial charge in [-0.05, 0) is 22.0 Å². The average molecular weight is 203 g/mol. The Morgan fingerprint density at radius 2 is 2.60 bits per heavy atom. The number of aryl methyl sites for hydroxylation is 1. The second kappa shape index (κ2) is 2.83. The van der Waals surface area contributed by atoms with Crippen molar-refractivity contribution in [2.75, 3.05) is 0 Å². The summed E-state index contributed by atoms with van der Waals surface area (Å²) in [6.07, 6.45) is 1.54. The van der Waals surface area contributed by atoms with Crippen LogP contribution < -0.4 is 5.84 Å². The number of hydrogen-bond acceptors (Lipinski definition) is 3. The molecule has 10 heavy (non-hydrogen) atoms. The Morgan fingerprint density at radius 1 is 1.90 bits per heavy atom. The topological polar surface area (TPSA) is 56.2 Å². The molecule has 5 heteroatoms. The molecule has 0 spiro atoms. The normalized spacial score (nSPS) is 11.0. The van der Waals surface area contributed by atoms with Crippen molar-refractivity contribution in [3.8, 4) is 0 Å². The monoisotopic (exact) mass is 202 g/mol. The van der Waals surface area contributed by atoms with E-state index >= 15 is 0 Å². The van der Waals surface area contributed by atoms with Crippen LogP contribution in [-0.2, 0) is 7.05 Å². The van der Waals surface area contributed by atoms with E-state index in [4.69, 9.17) is 5.84 Å². The molecule has 2 N–H and O–H groups in total. The molecule has 0 aliphatic heterocycles. The fourth-order valence-electron chi connectivity index (χ4n) is 0.643. The number of aromatic nitrogens is 2. The Labute approximate surface area is 66.8 Å². The Hall–Kier alpha value is -0.840. The molecule has 1 heterocycles. The molecule has 0 unspecified atom stereocenters. The van der Waals surface area contributed by atoms with E-state index in [0.717, 1.165) is 10.3 Å². The van der Waals surface area contributed by atoms with Crippen LogP contribution in [-0.4, -0.2) is 16.0 Å². The number of nitrogens with zero attached hydrogens (tertiary/aromatic N) is 3. The predicted molar refractivity (Wildman–Crippen MR) is 42.7 cm³/mol. The van der Waals surface area contributed by atoms with Gasteiger partial charge in [0.15, 0.2) is 0 Å². The SMILES string of the molecule is Cn1nc(Br)cc1/C=N/N. The molecule has 0 aliphatic carbocycles. The van der Waals surface area contributed by atoms with Crippen molar-refractivity contribution in [1.29, 1.82) is 0 Å². The summed E-state index contributed by atoms with van der Waals surface area (Å²) >= 11 is 3.22. The number of nitrogens with two attached hydrogens (primary N) is 1. The van der Waals surface area contributed by atoms with Gasteiger partial charge in [-0.3, -0.25) is 4.68 Å². The molecular formula is C5H7BrN4. The average Bonchev–Trinajstić information content (AvgIpc) is 2.13. The van der Waals surface area contributed by atoms with E-state index in [0.29, 0.717) is 0 Å². The van der Waals surface area contributed by atoms with E-state index < -0.39 is 0 Å². The highest BCUT2D eigenvalue weighted by atomic mass is 79.9. The largest absolute Gasteiger partial charge is 0.323 e. The van der Waals surface area contributed by atoms with Gasteiger partial charge in [-0.15, -0.1) is 0 Å². The zero-order chi connectivity index (χ0) is 7.56. The lowest BCUT2D eigenvalue weighted by molar-refractivity contribution is 0.755. The summed E-state index contributed by atoms with van der Waals surface area (Å²) in [7, 11) is 1.82. The van der Waals surface area contributed by atoms with Crippen molar-refractivity contribution in [3.63, 3.8) is 0 Å². The van der Waals surface area contributed by atoms with Gasteiger partial charge < -0.3 is 5.84 Å². The fraction of sp³-hybridized carbons (Fsp3) is 0.200. The van der Waals surface area contributed by atoms with Gasteiger partial charge >= 0.3 is 0 Å². The molecule has 0 saturated heterocycles. The van der Waals surface area contributed by atoms with Gasteiger partial charge in [0, 0.05) is 7.05 Å². The number of halogens is 1. The summed E-state index contributed by atoms with van der Waals surface area (Å²) in [5.74, 6) is 4.95. The molecule has 4 nitrogen and oxygen atoms in total. The van der Waals surface area contributed by atoms with Crippen LogP contribution in [0.5, 0.6) is 0 Å². The smallest absolute Gasteiger partial charge is 0.128 e. The van der Waals surface area contributed by atoms with Crippen LogP contribution >= 0.6 is 15.9 Å². The lowest BCUT2D eigenvalue weighted by atomic mass is 10.5. The van der Waals surface area contributed by atoms with Crippen LogP contribution in [0.15, 0.2) is 15.8 Å². The zero-order valence-corrected chi connectivity index (χ0v) is 7.04. The summed E-state index contributed by atoms with van der Waals surface area (Å²) in [5, 5.41) is 7.39. The van der Waals surface area contributed by atoms with Crippen LogP contribution in [0.3, 0.4) is 0 Å². The van der Waals surface area contributed by atoms with Crippen LogP contribution in [0, 0.1) is 0 Å². The third kappa shape index (κ3) is 1.36. The third-order valence-electron chi connectivity index (χ3n) is 1.09. The maximum absolute atomic E-state index is 4.95. The minimum atomic E-state index is 0.782. The number of hydrogen-bond donors (Lipinski definition) is 1. The second-order valence-electron chi connectivity index (χ2n) is 1.79. The van der Waals surface area contributed by atoms with Crippen molar-refractivity contribution in [2.45, 2.75) is 0 Å². The standard InChI is InChI=1S/C5H7BrN4/c1-10-4(3-8-7)2-5(6)9-10/h2-3H,7H2,1H3/b8-3+. The molecule has 0 aliphatic rings. The molecule has 0 saturated carbocycles. The van der Waals surface area contributed by atoms with Gasteiger partial charge in [0.1, 0.15) is 4.60 Å². The van der Waals surface area contributed by atoms with E-state index in [-0.39, 0.29) is 0 Å². The lowest BCUT2D eigenvalue weighted by Crippen LogP contribution is -1.97. The quantitative estimate of drug-likeness (QED) is 0.410. The van der Waals surface area contributed by atoms with Crippen molar-refractivity contribution in [1.82, 2.24) is 9.78 Å². The Balaban J connectivity index is 3.03. The van der Waals surface area contributed by atoms with Crippen LogP contribution in [0.2, 0.25) is 0 Å². The molecule has 1 aromatic rings. The maximum Gasteiger partial charge on any atom is 0.128 e. The van der Waals surface area contributed by atoms with E-state index in [1.165, 1.54) is 6.21 Å². The first-order valence-corrected chi connectivity index (χ1v) is 3.46. The van der Waals surface area contributed by atoms with E-state index in [1.54, 1.807) is 4.68 Å². The minimum Gasteiger partial charge on any atom is -0.323 e. The minimum absolute atomic E-state index is 0.782. The van der Waals surface area contributed by atoms with E-state index in [9.17, 15) is 0 Å². The van der Waals surface area contributed by atoms with Gasteiger partial charge in [0.25, 0.3) is 0 Å². The van der Waals surface area contributed by atoms with Crippen LogP contribution in [0.1, 0.15) is 5.69 Å². The maximum atomic E-state index is 4.95. The highest BCUT2D eigenvalue weighted by Crippen LogP contribution is 2.06. The molecular weight excluding hydrogens is 196 g/mol. The molecule has 1 aromatic heterocycles. The van der Waals surface area contributed by atoms with Gasteiger partial charge in [0.2, 0.25) is 0 Å². The molecule has 0 amide bonds. The summed E-state index contributed by atoms with van der Waals surface area (Å²) in [4.78, 5) is 0. The van der Waals surface area contributed by atoms with Crippen LogP contribution in [0.25, 0.3) is 0 Å². The number of rotatable bonds is 1. The van der Waals surface area contributed by atoms with Gasteiger partial charge in [-0.2, -0.15) is 10.2 Å². The van der Waals surface area contributed by atoms with E-state index in [2.05, 4.69) is 26.1 Å². The first-order valence-electron chi connectivity index (χ1n) is 2.67. The zero-order valence-electron chi connectivity index (χ0n) is 5.45. The van der Waals surface area contributed by atoms with E-state index in [1.807, 2.05) is 13.1 Å². The second-order valence-corrected chi connectivity index (χ2v) is 2.61. The molecule has 54 valence electrons. The Bertz CT molecular complexity index is 252. The molecule has 0 aromatic carbocycles. The summed E-state index contributed by atoms with van der Waals surface area (Å²) < 4.78 is 2.46. The summed E-state index contributed by atoms with van der Waals surface area (Å²) in [5.41, 5.74) is 0.870. The Morgan fingerprint density at radius 3 is 3.00 bits per heavy atom. The summed E-state index contributed by atoms with van der Waals surface area (Å²) in [6, 6.07) is 1.83. The molecule has 0 fully saturated rings. The highest BCUT2D eigenvalue weighted by Gasteiger charge is 1.97. The first kappa shape index (κ1) is 7.27. The van der Waals surface area contributed by atoms with Gasteiger partial charge in [0.05, 0.1) is 11.9 Å². The predicted octanol–water partition coefficient (Wildman–Crippen LogP) is 0.475. The van der Waals surface area contributed by atoms with Gasteiger partial charge in [-0.1, -0.05) is 0 Å². The van der Waals surface area contributed by atoms with Crippen molar-refractivity contribution < 1.29 is 0 Å². The molecule has 0 radical (unpaired) electrons. The van der Waals surface area contributed by atoms with Crippen LogP contribution in [0.4, 0.5) is 0 Å². The fourth-order valence-corrected chi connectivity index (χ4v) is 1.11. The summed E-state index contributed by atoms with van der Waals surface area (Å²) in [6.45, 7) is 0. The van der Waals surface area contributed by atoms with Gasteiger partial charge in [-0.25, -0.2) is 0 Å². The van der Waals surface area contributed by atoms with Crippen molar-refractivity contribution >= 4 is 22.1 Å². The molecule has 1 rings (SSSR count). The lowest BCUT2D eigenvalue weighted by Gasteiger charge is -1.89. The first-order chi connectivity index (χ1) is 4.74.